The molecule has 1 amide bonds. The van der Waals surface area contributed by atoms with Crippen molar-refractivity contribution in [2.75, 3.05) is 13.7 Å². The molecule has 0 saturated carbocycles. The van der Waals surface area contributed by atoms with Gasteiger partial charge in [0.15, 0.2) is 0 Å². The Morgan fingerprint density at radius 1 is 1.38 bits per heavy atom. The first-order chi connectivity index (χ1) is 11.1. The topological polar surface area (TPSA) is 59.9 Å². The van der Waals surface area contributed by atoms with Crippen molar-refractivity contribution in [2.24, 2.45) is 5.16 Å². The molecule has 0 aliphatic carbocycles. The van der Waals surface area contributed by atoms with E-state index in [2.05, 4.69) is 41.8 Å². The smallest absolute Gasteiger partial charge is 0.407 e. The Kier molecular flexibility index (Phi) is 7.76. The number of carbonyl (C=O) groups is 1. The highest BCUT2D eigenvalue weighted by atomic mass is 35.5. The van der Waals surface area contributed by atoms with E-state index in [1.54, 1.807) is 6.07 Å². The lowest BCUT2D eigenvalue weighted by molar-refractivity contribution is 0.143. The van der Waals surface area contributed by atoms with Crippen molar-refractivity contribution in [1.82, 2.24) is 5.32 Å². The molecule has 0 fully saturated rings. The van der Waals surface area contributed by atoms with Gasteiger partial charge < -0.3 is 14.9 Å². The van der Waals surface area contributed by atoms with Gasteiger partial charge >= 0.3 is 6.09 Å². The summed E-state index contributed by atoms with van der Waals surface area (Å²) in [5.74, 6) is 0. The van der Waals surface area contributed by atoms with E-state index in [1.807, 2.05) is 19.1 Å². The molecule has 0 radical (unpaired) electrons. The molecule has 0 aliphatic heterocycles. The van der Waals surface area contributed by atoms with Gasteiger partial charge in [0.2, 0.25) is 0 Å². The molecule has 0 spiro atoms. The van der Waals surface area contributed by atoms with Gasteiger partial charge in [0.05, 0.1) is 20.9 Å². The van der Waals surface area contributed by atoms with E-state index in [0.29, 0.717) is 23.7 Å². The zero-order valence-electron chi connectivity index (χ0n) is 15.3. The number of nitrogens with zero attached hydrogens (tertiary/aromatic N) is 1. The summed E-state index contributed by atoms with van der Waals surface area (Å²) in [6, 6.07) is 5.56. The SMILES string of the molecule is COC(=O)NCc1cc(C(C)=NOCC(C)[Si](C)(C)C)ccc1Cl. The van der Waals surface area contributed by atoms with Crippen LogP contribution in [-0.2, 0) is 16.1 Å². The summed E-state index contributed by atoms with van der Waals surface area (Å²) >= 11 is 6.16. The predicted octanol–water partition coefficient (Wildman–Crippen LogP) is 4.66. The fraction of sp³-hybridized carbons (Fsp3) is 0.529. The van der Waals surface area contributed by atoms with Crippen molar-refractivity contribution in [1.29, 1.82) is 0 Å². The van der Waals surface area contributed by atoms with Crippen molar-refractivity contribution >= 4 is 31.5 Å². The summed E-state index contributed by atoms with van der Waals surface area (Å²) in [5, 5.41) is 7.41. The van der Waals surface area contributed by atoms with Gasteiger partial charge in [0, 0.05) is 11.6 Å². The van der Waals surface area contributed by atoms with Gasteiger partial charge in [0.25, 0.3) is 0 Å². The third-order valence-corrected chi connectivity index (χ3v) is 7.57. The average molecular weight is 371 g/mol. The van der Waals surface area contributed by atoms with Gasteiger partial charge in [-0.2, -0.15) is 0 Å². The Morgan fingerprint density at radius 2 is 2.04 bits per heavy atom. The molecule has 0 bridgehead atoms. The Bertz CT molecular complexity index is 600. The molecule has 1 N–H and O–H groups in total. The lowest BCUT2D eigenvalue weighted by Crippen LogP contribution is -2.28. The monoisotopic (exact) mass is 370 g/mol. The molecule has 0 aliphatic rings. The van der Waals surface area contributed by atoms with Crippen molar-refractivity contribution in [2.45, 2.75) is 45.6 Å². The van der Waals surface area contributed by atoms with Crippen molar-refractivity contribution in [3.05, 3.63) is 34.3 Å². The summed E-state index contributed by atoms with van der Waals surface area (Å²) < 4.78 is 4.56. The minimum Gasteiger partial charge on any atom is -0.453 e. The van der Waals surface area contributed by atoms with Gasteiger partial charge in [-0.25, -0.2) is 4.79 Å². The summed E-state index contributed by atoms with van der Waals surface area (Å²) in [6.07, 6.45) is -0.495. The highest BCUT2D eigenvalue weighted by Crippen LogP contribution is 2.21. The number of rotatable bonds is 7. The fourth-order valence-electron chi connectivity index (χ4n) is 1.72. The average Bonchev–Trinajstić information content (AvgIpc) is 2.52. The maximum atomic E-state index is 11.2. The van der Waals surface area contributed by atoms with Crippen LogP contribution in [0.15, 0.2) is 23.4 Å². The van der Waals surface area contributed by atoms with Crippen LogP contribution in [0.1, 0.15) is 25.0 Å². The normalized spacial score (nSPS) is 13.4. The number of ether oxygens (including phenoxy) is 1. The number of carbonyl (C=O) groups excluding carboxylic acids is 1. The van der Waals surface area contributed by atoms with Crippen LogP contribution in [-0.4, -0.2) is 33.6 Å². The Hall–Kier alpha value is -1.53. The number of alkyl carbamates (subject to hydrolysis) is 1. The van der Waals surface area contributed by atoms with E-state index < -0.39 is 14.2 Å². The molecule has 1 atom stereocenters. The minimum atomic E-state index is -1.22. The lowest BCUT2D eigenvalue weighted by atomic mass is 10.1. The zero-order chi connectivity index (χ0) is 18.3. The van der Waals surface area contributed by atoms with E-state index >= 15 is 0 Å². The van der Waals surface area contributed by atoms with Crippen LogP contribution in [0.3, 0.4) is 0 Å². The number of benzene rings is 1. The highest BCUT2D eigenvalue weighted by Gasteiger charge is 2.22. The van der Waals surface area contributed by atoms with Gasteiger partial charge in [-0.1, -0.05) is 49.4 Å². The molecule has 1 aromatic carbocycles. The second-order valence-corrected chi connectivity index (χ2v) is 13.0. The maximum Gasteiger partial charge on any atom is 0.407 e. The summed E-state index contributed by atoms with van der Waals surface area (Å²) in [7, 11) is 0.105. The molecule has 0 aromatic heterocycles. The summed E-state index contributed by atoms with van der Waals surface area (Å²) in [6.45, 7) is 12.0. The van der Waals surface area contributed by atoms with Crippen molar-refractivity contribution < 1.29 is 14.4 Å². The number of halogens is 1. The molecule has 0 heterocycles. The number of oxime groups is 1. The van der Waals surface area contributed by atoms with E-state index in [-0.39, 0.29) is 0 Å². The molecule has 134 valence electrons. The molecular weight excluding hydrogens is 344 g/mol. The first-order valence-electron chi connectivity index (χ1n) is 7.92. The quantitative estimate of drug-likeness (QED) is 0.431. The van der Waals surface area contributed by atoms with E-state index in [0.717, 1.165) is 16.8 Å². The molecule has 1 aromatic rings. The van der Waals surface area contributed by atoms with Crippen molar-refractivity contribution in [3.8, 4) is 0 Å². The van der Waals surface area contributed by atoms with E-state index in [4.69, 9.17) is 16.4 Å². The molecular formula is C17H27ClN2O3Si. The van der Waals surface area contributed by atoms with Crippen LogP contribution in [0, 0.1) is 0 Å². The lowest BCUT2D eigenvalue weighted by Gasteiger charge is -2.23. The minimum absolute atomic E-state index is 0.292. The molecule has 1 unspecified atom stereocenters. The van der Waals surface area contributed by atoms with Gasteiger partial charge in [0.1, 0.15) is 6.61 Å². The number of hydrogen-bond acceptors (Lipinski definition) is 4. The van der Waals surface area contributed by atoms with E-state index in [9.17, 15) is 4.79 Å². The number of methoxy groups -OCH3 is 1. The molecule has 1 rings (SSSR count). The zero-order valence-corrected chi connectivity index (χ0v) is 17.0. The van der Waals surface area contributed by atoms with Crippen LogP contribution >= 0.6 is 11.6 Å². The highest BCUT2D eigenvalue weighted by molar-refractivity contribution is 6.77. The predicted molar refractivity (Wildman–Crippen MR) is 102 cm³/mol. The van der Waals surface area contributed by atoms with Crippen LogP contribution in [0.25, 0.3) is 0 Å². The number of nitrogens with one attached hydrogen (secondary N) is 1. The van der Waals surface area contributed by atoms with Crippen LogP contribution < -0.4 is 5.32 Å². The van der Waals surface area contributed by atoms with Crippen LogP contribution in [0.2, 0.25) is 30.2 Å². The maximum absolute atomic E-state index is 11.2. The Labute approximate surface area is 150 Å². The van der Waals surface area contributed by atoms with Gasteiger partial charge in [-0.3, -0.25) is 0 Å². The van der Waals surface area contributed by atoms with Gasteiger partial charge in [-0.15, -0.1) is 0 Å². The number of amides is 1. The van der Waals surface area contributed by atoms with Crippen LogP contribution in [0.5, 0.6) is 0 Å². The second kappa shape index (κ2) is 9.08. The van der Waals surface area contributed by atoms with E-state index in [1.165, 1.54) is 7.11 Å². The summed E-state index contributed by atoms with van der Waals surface area (Å²) in [5.41, 5.74) is 3.00. The Morgan fingerprint density at radius 3 is 2.62 bits per heavy atom. The number of hydrogen-bond donors (Lipinski definition) is 1. The Balaban J connectivity index is 2.75. The fourth-order valence-corrected chi connectivity index (χ4v) is 2.48. The first-order valence-corrected chi connectivity index (χ1v) is 11.9. The third-order valence-electron chi connectivity index (χ3n) is 4.08. The standard InChI is InChI=1S/C17H27ClN2O3Si/c1-12(24(4,5)6)11-23-20-13(2)14-7-8-16(18)15(9-14)10-19-17(21)22-3/h7-9,12H,10-11H2,1-6H3,(H,19,21). The largest absolute Gasteiger partial charge is 0.453 e. The van der Waals surface area contributed by atoms with Gasteiger partial charge in [-0.05, 0) is 35.7 Å². The third kappa shape index (κ3) is 6.53. The van der Waals surface area contributed by atoms with Crippen molar-refractivity contribution in [3.63, 3.8) is 0 Å². The molecule has 0 saturated heterocycles. The second-order valence-electron chi connectivity index (χ2n) is 6.89. The van der Waals surface area contributed by atoms with Crippen LogP contribution in [0.4, 0.5) is 4.79 Å². The summed E-state index contributed by atoms with van der Waals surface area (Å²) in [4.78, 5) is 16.7. The molecule has 5 nitrogen and oxygen atoms in total. The first kappa shape index (κ1) is 20.5. The molecule has 7 heteroatoms. The molecule has 24 heavy (non-hydrogen) atoms.